The molecule has 3 rings (SSSR count). The Morgan fingerprint density at radius 1 is 1.35 bits per heavy atom. The van der Waals surface area contributed by atoms with E-state index in [0.717, 1.165) is 18.4 Å². The van der Waals surface area contributed by atoms with Crippen LogP contribution in [-0.2, 0) is 7.05 Å². The molecule has 0 bridgehead atoms. The van der Waals surface area contributed by atoms with Gasteiger partial charge in [-0.3, -0.25) is 9.48 Å². The number of carbonyl (C=O) groups is 1. The van der Waals surface area contributed by atoms with Crippen molar-refractivity contribution in [1.29, 1.82) is 0 Å². The predicted octanol–water partition coefficient (Wildman–Crippen LogP) is 3.69. The van der Waals surface area contributed by atoms with Crippen molar-refractivity contribution in [2.24, 2.45) is 7.05 Å². The number of carbonyl (C=O) groups excluding carboxylic acids is 1. The van der Waals surface area contributed by atoms with E-state index >= 15 is 0 Å². The molecule has 1 amide bonds. The number of aromatic nitrogens is 2. The number of halogens is 3. The maximum atomic E-state index is 12.9. The highest BCUT2D eigenvalue weighted by Gasteiger charge is 2.34. The lowest BCUT2D eigenvalue weighted by atomic mass is 9.75. The number of amides is 1. The van der Waals surface area contributed by atoms with E-state index in [9.17, 15) is 13.6 Å². The third-order valence-corrected chi connectivity index (χ3v) is 4.45. The van der Waals surface area contributed by atoms with Crippen LogP contribution in [0.5, 0.6) is 0 Å². The summed E-state index contributed by atoms with van der Waals surface area (Å²) in [6.45, 7) is 0. The number of aryl methyl sites for hydroxylation is 1. The van der Waals surface area contributed by atoms with E-state index in [4.69, 9.17) is 11.6 Å². The molecule has 1 heterocycles. The van der Waals surface area contributed by atoms with E-state index < -0.39 is 18.0 Å². The Hall–Kier alpha value is -1.95. The van der Waals surface area contributed by atoms with Gasteiger partial charge in [0.25, 0.3) is 12.3 Å². The molecule has 1 N–H and O–H groups in total. The molecule has 1 aliphatic carbocycles. The lowest BCUT2D eigenvalue weighted by molar-refractivity contribution is 0.0891. The van der Waals surface area contributed by atoms with Gasteiger partial charge in [-0.15, -0.1) is 0 Å². The molecule has 122 valence electrons. The monoisotopic (exact) mass is 339 g/mol. The van der Waals surface area contributed by atoms with E-state index in [1.54, 1.807) is 0 Å². The third kappa shape index (κ3) is 3.22. The Bertz CT molecular complexity index is 715. The van der Waals surface area contributed by atoms with Crippen LogP contribution < -0.4 is 5.32 Å². The molecule has 2 aromatic rings. The fourth-order valence-corrected chi connectivity index (χ4v) is 3.00. The van der Waals surface area contributed by atoms with Gasteiger partial charge in [-0.1, -0.05) is 23.7 Å². The lowest BCUT2D eigenvalue weighted by Gasteiger charge is -2.37. The number of alkyl halides is 2. The molecular weight excluding hydrogens is 324 g/mol. The Kier molecular flexibility index (Phi) is 4.35. The minimum atomic E-state index is -2.77. The van der Waals surface area contributed by atoms with Gasteiger partial charge in [-0.05, 0) is 30.5 Å². The number of nitrogens with one attached hydrogen (secondary N) is 1. The molecule has 4 nitrogen and oxygen atoms in total. The molecule has 1 saturated carbocycles. The van der Waals surface area contributed by atoms with Crippen molar-refractivity contribution in [3.63, 3.8) is 0 Å². The van der Waals surface area contributed by atoms with Gasteiger partial charge in [-0.25, -0.2) is 8.78 Å². The highest BCUT2D eigenvalue weighted by atomic mass is 35.5. The molecule has 1 fully saturated rings. The van der Waals surface area contributed by atoms with Crippen LogP contribution in [0.2, 0.25) is 5.02 Å². The minimum Gasteiger partial charge on any atom is -0.349 e. The molecule has 1 aliphatic rings. The zero-order valence-electron chi connectivity index (χ0n) is 12.5. The average molecular weight is 340 g/mol. The van der Waals surface area contributed by atoms with Gasteiger partial charge < -0.3 is 5.32 Å². The van der Waals surface area contributed by atoms with Crippen LogP contribution in [0, 0.1) is 0 Å². The maximum absolute atomic E-state index is 12.9. The van der Waals surface area contributed by atoms with Gasteiger partial charge in [0.05, 0.1) is 5.56 Å². The molecule has 0 saturated heterocycles. The molecule has 2 atom stereocenters. The summed E-state index contributed by atoms with van der Waals surface area (Å²) in [6, 6.07) is 7.42. The summed E-state index contributed by atoms with van der Waals surface area (Å²) >= 11 is 5.88. The van der Waals surface area contributed by atoms with Crippen molar-refractivity contribution in [2.75, 3.05) is 0 Å². The van der Waals surface area contributed by atoms with Crippen LogP contribution in [0.3, 0.4) is 0 Å². The summed E-state index contributed by atoms with van der Waals surface area (Å²) in [4.78, 5) is 12.3. The van der Waals surface area contributed by atoms with E-state index in [1.165, 1.54) is 17.9 Å². The fraction of sp³-hybridized carbons (Fsp3) is 0.375. The van der Waals surface area contributed by atoms with Gasteiger partial charge in [0, 0.05) is 30.2 Å². The van der Waals surface area contributed by atoms with E-state index in [0.29, 0.717) is 5.02 Å². The summed E-state index contributed by atoms with van der Waals surface area (Å²) in [5.41, 5.74) is 0.544. The van der Waals surface area contributed by atoms with Crippen molar-refractivity contribution in [3.05, 3.63) is 52.3 Å². The average Bonchev–Trinajstić information content (AvgIpc) is 2.88. The van der Waals surface area contributed by atoms with Crippen LogP contribution >= 0.6 is 11.6 Å². The SMILES string of the molecule is Cn1cc(C(=O)N[C@H]2CC[C@H]2c2ccc(Cl)cc2)c(C(F)F)n1. The normalized spacial score (nSPS) is 20.4. The Morgan fingerprint density at radius 3 is 2.61 bits per heavy atom. The van der Waals surface area contributed by atoms with Crippen molar-refractivity contribution < 1.29 is 13.6 Å². The molecule has 1 aromatic heterocycles. The number of nitrogens with zero attached hydrogens (tertiary/aromatic N) is 2. The number of hydrogen-bond acceptors (Lipinski definition) is 2. The van der Waals surface area contributed by atoms with Gasteiger partial charge in [0.1, 0.15) is 5.69 Å². The zero-order chi connectivity index (χ0) is 16.6. The summed E-state index contributed by atoms with van der Waals surface area (Å²) in [6.07, 6.45) is 0.322. The standard InChI is InChI=1S/C16H16ClF2N3O/c1-22-8-12(14(21-22)15(18)19)16(23)20-13-7-6-11(13)9-2-4-10(17)5-3-9/h2-5,8,11,13,15H,6-7H2,1H3,(H,20,23)/t11-,13-/m0/s1. The molecule has 0 aliphatic heterocycles. The Labute approximate surface area is 137 Å². The van der Waals surface area contributed by atoms with Crippen LogP contribution in [-0.4, -0.2) is 21.7 Å². The highest BCUT2D eigenvalue weighted by Crippen LogP contribution is 2.37. The number of rotatable bonds is 4. The van der Waals surface area contributed by atoms with E-state index in [1.807, 2.05) is 24.3 Å². The molecule has 7 heteroatoms. The Morgan fingerprint density at radius 2 is 2.04 bits per heavy atom. The number of hydrogen-bond donors (Lipinski definition) is 1. The third-order valence-electron chi connectivity index (χ3n) is 4.20. The first-order chi connectivity index (χ1) is 11.0. The van der Waals surface area contributed by atoms with Crippen molar-refractivity contribution >= 4 is 17.5 Å². The van der Waals surface area contributed by atoms with Crippen LogP contribution in [0.1, 0.15) is 46.8 Å². The first kappa shape index (κ1) is 15.9. The molecule has 23 heavy (non-hydrogen) atoms. The second kappa shape index (κ2) is 6.28. The second-order valence-electron chi connectivity index (χ2n) is 5.72. The second-order valence-corrected chi connectivity index (χ2v) is 6.15. The van der Waals surface area contributed by atoms with Gasteiger partial charge >= 0.3 is 0 Å². The highest BCUT2D eigenvalue weighted by molar-refractivity contribution is 6.30. The fourth-order valence-electron chi connectivity index (χ4n) is 2.87. The van der Waals surface area contributed by atoms with E-state index in [2.05, 4.69) is 10.4 Å². The van der Waals surface area contributed by atoms with Crippen molar-refractivity contribution in [1.82, 2.24) is 15.1 Å². The maximum Gasteiger partial charge on any atom is 0.282 e. The summed E-state index contributed by atoms with van der Waals surface area (Å²) in [7, 11) is 1.52. The summed E-state index contributed by atoms with van der Waals surface area (Å²) in [5.74, 6) is -0.319. The number of benzene rings is 1. The smallest absolute Gasteiger partial charge is 0.282 e. The van der Waals surface area contributed by atoms with Crippen LogP contribution in [0.15, 0.2) is 30.5 Å². The summed E-state index contributed by atoms with van der Waals surface area (Å²) in [5, 5.41) is 7.16. The van der Waals surface area contributed by atoms with Crippen LogP contribution in [0.25, 0.3) is 0 Å². The first-order valence-electron chi connectivity index (χ1n) is 7.33. The molecule has 0 unspecified atom stereocenters. The van der Waals surface area contributed by atoms with Gasteiger partial charge in [-0.2, -0.15) is 5.10 Å². The molecule has 0 radical (unpaired) electrons. The lowest BCUT2D eigenvalue weighted by Crippen LogP contribution is -2.45. The van der Waals surface area contributed by atoms with Gasteiger partial charge in [0.15, 0.2) is 0 Å². The van der Waals surface area contributed by atoms with Crippen LogP contribution in [0.4, 0.5) is 8.78 Å². The molecule has 1 aromatic carbocycles. The zero-order valence-corrected chi connectivity index (χ0v) is 13.2. The summed E-state index contributed by atoms with van der Waals surface area (Å²) < 4.78 is 27.1. The quantitative estimate of drug-likeness (QED) is 0.923. The Balaban J connectivity index is 1.72. The molecule has 0 spiro atoms. The van der Waals surface area contributed by atoms with Crippen molar-refractivity contribution in [2.45, 2.75) is 31.2 Å². The van der Waals surface area contributed by atoms with Gasteiger partial charge in [0.2, 0.25) is 0 Å². The molecular formula is C16H16ClF2N3O. The topological polar surface area (TPSA) is 46.9 Å². The predicted molar refractivity (Wildman–Crippen MR) is 82.8 cm³/mol. The minimum absolute atomic E-state index is 0.0607. The van der Waals surface area contributed by atoms with E-state index in [-0.39, 0.29) is 17.5 Å². The first-order valence-corrected chi connectivity index (χ1v) is 7.71. The largest absolute Gasteiger partial charge is 0.349 e. The van der Waals surface area contributed by atoms with Crippen molar-refractivity contribution in [3.8, 4) is 0 Å².